The van der Waals surface area contributed by atoms with Crippen LogP contribution in [0.4, 0.5) is 0 Å². The Balaban J connectivity index is 4.42. The highest BCUT2D eigenvalue weighted by Crippen LogP contribution is 2.14. The predicted octanol–water partition coefficient (Wildman–Crippen LogP) is 20.6. The van der Waals surface area contributed by atoms with Crippen molar-refractivity contribution < 1.29 is 28.6 Å². The van der Waals surface area contributed by atoms with E-state index < -0.39 is 6.10 Å². The number of hydrogen-bond acceptors (Lipinski definition) is 6. The van der Waals surface area contributed by atoms with E-state index >= 15 is 0 Å². The number of ether oxygens (including phenoxy) is 3. The molecule has 0 aliphatic rings. The molecule has 0 N–H and O–H groups in total. The molecule has 0 heterocycles. The molecule has 1 atom stereocenters. The number of hydrogen-bond donors (Lipinski definition) is 0. The summed E-state index contributed by atoms with van der Waals surface area (Å²) >= 11 is 0. The Morgan fingerprint density at radius 1 is 0.284 bits per heavy atom. The zero-order valence-corrected chi connectivity index (χ0v) is 47.8. The topological polar surface area (TPSA) is 78.9 Å². The largest absolute Gasteiger partial charge is 0.462 e. The molecule has 0 aliphatic carbocycles. The molecule has 74 heavy (non-hydrogen) atoms. The monoisotopic (exact) mass is 1020 g/mol. The summed E-state index contributed by atoms with van der Waals surface area (Å²) in [5.41, 5.74) is 0. The normalized spacial score (nSPS) is 13.1. The van der Waals surface area contributed by atoms with E-state index in [2.05, 4.69) is 148 Å². The molecule has 0 saturated heterocycles. The Kier molecular flexibility index (Phi) is 57.4. The molecule has 0 aromatic rings. The molecule has 6 heteroatoms. The van der Waals surface area contributed by atoms with E-state index in [0.717, 1.165) is 116 Å². The highest BCUT2D eigenvalue weighted by Gasteiger charge is 2.19. The summed E-state index contributed by atoms with van der Waals surface area (Å²) in [4.78, 5) is 38.2. The van der Waals surface area contributed by atoms with Gasteiger partial charge >= 0.3 is 17.9 Å². The molecule has 0 aromatic heterocycles. The summed E-state index contributed by atoms with van der Waals surface area (Å²) in [5.74, 6) is -1.01. The Morgan fingerprint density at radius 3 is 0.905 bits per heavy atom. The van der Waals surface area contributed by atoms with E-state index in [1.54, 1.807) is 0 Å². The first kappa shape index (κ1) is 69.5. The molecule has 0 fully saturated rings. The van der Waals surface area contributed by atoms with Crippen molar-refractivity contribution in [3.05, 3.63) is 134 Å². The van der Waals surface area contributed by atoms with Crippen LogP contribution in [0.3, 0.4) is 0 Å². The van der Waals surface area contributed by atoms with Crippen molar-refractivity contribution in [2.75, 3.05) is 13.2 Å². The maximum absolute atomic E-state index is 12.9. The molecule has 6 nitrogen and oxygen atoms in total. The van der Waals surface area contributed by atoms with Crippen LogP contribution in [0.25, 0.3) is 0 Å². The smallest absolute Gasteiger partial charge is 0.306 e. The molecule has 0 radical (unpaired) electrons. The van der Waals surface area contributed by atoms with Crippen molar-refractivity contribution in [2.24, 2.45) is 0 Å². The van der Waals surface area contributed by atoms with E-state index in [9.17, 15) is 14.4 Å². The minimum absolute atomic E-state index is 0.110. The van der Waals surface area contributed by atoms with E-state index in [-0.39, 0.29) is 37.5 Å². The van der Waals surface area contributed by atoms with Crippen LogP contribution in [-0.2, 0) is 28.6 Å². The highest BCUT2D eigenvalue weighted by molar-refractivity contribution is 5.71. The minimum atomic E-state index is -0.819. The van der Waals surface area contributed by atoms with Gasteiger partial charge in [0.2, 0.25) is 0 Å². The molecule has 0 spiro atoms. The van der Waals surface area contributed by atoms with Gasteiger partial charge in [0.25, 0.3) is 0 Å². The van der Waals surface area contributed by atoms with Gasteiger partial charge in [0.15, 0.2) is 6.10 Å². The van der Waals surface area contributed by atoms with Crippen molar-refractivity contribution in [1.29, 1.82) is 0 Å². The zero-order chi connectivity index (χ0) is 53.6. The molecule has 0 rings (SSSR count). The lowest BCUT2D eigenvalue weighted by atomic mass is 10.1. The number of rotatable bonds is 53. The first-order valence-corrected chi connectivity index (χ1v) is 30.2. The van der Waals surface area contributed by atoms with E-state index in [4.69, 9.17) is 14.2 Å². The first-order valence-electron chi connectivity index (χ1n) is 30.2. The Hall–Kier alpha value is -4.45. The van der Waals surface area contributed by atoms with Crippen molar-refractivity contribution in [2.45, 2.75) is 264 Å². The van der Waals surface area contributed by atoms with Crippen LogP contribution < -0.4 is 0 Å². The first-order chi connectivity index (χ1) is 36.5. The number of unbranched alkanes of at least 4 members (excludes halogenated alkanes) is 20. The quantitative estimate of drug-likeness (QED) is 0.0261. The summed E-state index contributed by atoms with van der Waals surface area (Å²) in [6.45, 7) is 6.32. The van der Waals surface area contributed by atoms with Gasteiger partial charge < -0.3 is 14.2 Å². The Labute approximate surface area is 455 Å². The lowest BCUT2D eigenvalue weighted by Crippen LogP contribution is -2.30. The van der Waals surface area contributed by atoms with Gasteiger partial charge in [0, 0.05) is 19.3 Å². The molecular formula is C68H110O6. The van der Waals surface area contributed by atoms with Crippen molar-refractivity contribution in [3.63, 3.8) is 0 Å². The summed E-state index contributed by atoms with van der Waals surface area (Å²) in [5, 5.41) is 0. The fourth-order valence-corrected chi connectivity index (χ4v) is 7.92. The second kappa shape index (κ2) is 61.1. The lowest BCUT2D eigenvalue weighted by Gasteiger charge is -2.18. The van der Waals surface area contributed by atoms with Crippen LogP contribution in [0.5, 0.6) is 0 Å². The van der Waals surface area contributed by atoms with Crippen LogP contribution >= 0.6 is 0 Å². The van der Waals surface area contributed by atoms with Gasteiger partial charge in [-0.2, -0.15) is 0 Å². The van der Waals surface area contributed by atoms with Crippen LogP contribution in [0.2, 0.25) is 0 Å². The van der Waals surface area contributed by atoms with Crippen molar-refractivity contribution in [1.82, 2.24) is 0 Å². The summed E-state index contributed by atoms with van der Waals surface area (Å²) < 4.78 is 16.8. The average molecular weight is 1020 g/mol. The Bertz CT molecular complexity index is 1600. The zero-order valence-electron chi connectivity index (χ0n) is 47.8. The van der Waals surface area contributed by atoms with Gasteiger partial charge in [0.1, 0.15) is 13.2 Å². The molecule has 0 aliphatic heterocycles. The summed E-state index contributed by atoms with van der Waals surface area (Å²) in [6, 6.07) is 0. The molecule has 418 valence electrons. The van der Waals surface area contributed by atoms with E-state index in [0.29, 0.717) is 19.3 Å². The van der Waals surface area contributed by atoms with Gasteiger partial charge in [-0.15, -0.1) is 0 Å². The minimum Gasteiger partial charge on any atom is -0.462 e. The third kappa shape index (κ3) is 58.4. The Morgan fingerprint density at radius 2 is 0.554 bits per heavy atom. The van der Waals surface area contributed by atoms with Crippen LogP contribution in [0.1, 0.15) is 258 Å². The second-order valence-corrected chi connectivity index (χ2v) is 19.5. The van der Waals surface area contributed by atoms with Crippen molar-refractivity contribution >= 4 is 17.9 Å². The molecule has 0 saturated carbocycles. The fraction of sp³-hybridized carbons (Fsp3) is 0.632. The third-order valence-corrected chi connectivity index (χ3v) is 12.4. The molecule has 0 amide bonds. The van der Waals surface area contributed by atoms with Gasteiger partial charge in [-0.25, -0.2) is 0 Å². The van der Waals surface area contributed by atoms with E-state index in [1.807, 2.05) is 6.08 Å². The molecular weight excluding hydrogens is 913 g/mol. The SMILES string of the molecule is CC/C=C\C/C=C\C/C=C\C/C=C\C/C=C\CCCCCCCCCCCC(=O)OCC(COC(=O)CC/C=C\C/C=C\C/C=C\C/C=C\CC)OC(=O)CCCCCCCCC/C=C\C/C=C\CCCCCC. The van der Waals surface area contributed by atoms with Crippen LogP contribution in [0.15, 0.2) is 134 Å². The fourth-order valence-electron chi connectivity index (χ4n) is 7.92. The van der Waals surface area contributed by atoms with E-state index in [1.165, 1.54) is 96.3 Å². The maximum atomic E-state index is 12.9. The number of esters is 3. The van der Waals surface area contributed by atoms with Gasteiger partial charge in [-0.3, -0.25) is 14.4 Å². The third-order valence-electron chi connectivity index (χ3n) is 12.4. The molecule has 1 unspecified atom stereocenters. The number of carbonyl (C=O) groups excluding carboxylic acids is 3. The standard InChI is InChI=1S/C68H110O6/c1-4-7-10-13-16-19-22-25-27-29-31-32-33-34-35-36-37-39-40-43-46-49-52-55-58-61-67(70)73-64-65(63-72-66(69)60-57-54-51-48-45-42-24-21-18-15-12-9-6-3)74-68(71)62-59-56-53-50-47-44-41-38-30-28-26-23-20-17-14-11-8-5-2/h7,9-10,12,16,18-21,23,25,27-28,30-32,34-35,42,45,51,54,65H,4-6,8,11,13-15,17,22,24,26,29,33,36-41,43-44,46-50,52-53,55-64H2,1-3H3/b10-7-,12-9-,19-16-,21-18-,23-20-,27-25-,30-28-,32-31-,35-34-,45-42-,54-51-. The molecule has 0 bridgehead atoms. The van der Waals surface area contributed by atoms with Gasteiger partial charge in [-0.1, -0.05) is 251 Å². The van der Waals surface area contributed by atoms with Crippen LogP contribution in [-0.4, -0.2) is 37.2 Å². The molecule has 0 aromatic carbocycles. The lowest BCUT2D eigenvalue weighted by molar-refractivity contribution is -0.166. The van der Waals surface area contributed by atoms with Gasteiger partial charge in [0.05, 0.1) is 0 Å². The number of carbonyl (C=O) groups is 3. The second-order valence-electron chi connectivity index (χ2n) is 19.5. The number of allylic oxidation sites excluding steroid dienone is 22. The highest BCUT2D eigenvalue weighted by atomic mass is 16.6. The van der Waals surface area contributed by atoms with Crippen LogP contribution in [0, 0.1) is 0 Å². The summed E-state index contributed by atoms with van der Waals surface area (Å²) in [7, 11) is 0. The maximum Gasteiger partial charge on any atom is 0.306 e. The van der Waals surface area contributed by atoms with Gasteiger partial charge in [-0.05, 0) is 122 Å². The average Bonchev–Trinajstić information content (AvgIpc) is 3.40. The predicted molar refractivity (Wildman–Crippen MR) is 320 cm³/mol. The van der Waals surface area contributed by atoms with Crippen molar-refractivity contribution in [3.8, 4) is 0 Å². The summed E-state index contributed by atoms with van der Waals surface area (Å²) in [6.07, 6.45) is 86.0.